The van der Waals surface area contributed by atoms with Crippen LogP contribution >= 0.6 is 11.3 Å². The molecule has 0 radical (unpaired) electrons. The first-order chi connectivity index (χ1) is 10.9. The molecule has 0 amide bonds. The third-order valence-corrected chi connectivity index (χ3v) is 6.06. The number of aryl methyl sites for hydroxylation is 4. The van der Waals surface area contributed by atoms with Crippen molar-refractivity contribution < 1.29 is 0 Å². The van der Waals surface area contributed by atoms with Crippen molar-refractivity contribution in [1.29, 1.82) is 0 Å². The van der Waals surface area contributed by atoms with Gasteiger partial charge in [0.25, 0.3) is 0 Å². The second-order valence-electron chi connectivity index (χ2n) is 6.22. The molecule has 0 fully saturated rings. The molecule has 110 valence electrons. The van der Waals surface area contributed by atoms with Crippen LogP contribution in [-0.2, 0) is 25.7 Å². The number of hydrogen-bond donors (Lipinski definition) is 1. The molecule has 0 aliphatic heterocycles. The van der Waals surface area contributed by atoms with Crippen LogP contribution in [-0.4, -0.2) is 9.97 Å². The summed E-state index contributed by atoms with van der Waals surface area (Å²) in [5.41, 5.74) is 5.63. The zero-order valence-electron chi connectivity index (χ0n) is 12.4. The van der Waals surface area contributed by atoms with E-state index in [1.807, 2.05) is 11.3 Å². The summed E-state index contributed by atoms with van der Waals surface area (Å²) < 4.78 is 0. The number of aromatic nitrogens is 2. The van der Waals surface area contributed by atoms with E-state index < -0.39 is 0 Å². The molecule has 0 saturated heterocycles. The van der Waals surface area contributed by atoms with Crippen molar-refractivity contribution in [3.05, 3.63) is 46.1 Å². The molecule has 0 unspecified atom stereocenters. The smallest absolute Gasteiger partial charge is 0.142 e. The highest BCUT2D eigenvalue weighted by Gasteiger charge is 2.21. The number of fused-ring (bicyclic) bond motifs is 4. The number of rotatable bonds is 2. The molecule has 0 saturated carbocycles. The van der Waals surface area contributed by atoms with Crippen molar-refractivity contribution in [2.75, 3.05) is 5.32 Å². The first-order valence-electron chi connectivity index (χ1n) is 8.02. The van der Waals surface area contributed by atoms with Crippen LogP contribution in [0.4, 0.5) is 11.5 Å². The number of anilines is 2. The average molecular weight is 307 g/mol. The third-order valence-electron chi connectivity index (χ3n) is 4.86. The summed E-state index contributed by atoms with van der Waals surface area (Å²) in [6, 6.07) is 6.74. The van der Waals surface area contributed by atoms with E-state index >= 15 is 0 Å². The van der Waals surface area contributed by atoms with Gasteiger partial charge in [-0.2, -0.15) is 0 Å². The molecule has 0 spiro atoms. The van der Waals surface area contributed by atoms with Gasteiger partial charge >= 0.3 is 0 Å². The van der Waals surface area contributed by atoms with E-state index in [9.17, 15) is 0 Å². The van der Waals surface area contributed by atoms with Gasteiger partial charge in [0.1, 0.15) is 17.0 Å². The number of thiophene rings is 1. The van der Waals surface area contributed by atoms with E-state index in [1.54, 1.807) is 6.33 Å². The summed E-state index contributed by atoms with van der Waals surface area (Å²) in [6.07, 6.45) is 9.04. The summed E-state index contributed by atoms with van der Waals surface area (Å²) in [5, 5.41) is 4.80. The summed E-state index contributed by atoms with van der Waals surface area (Å²) in [6.45, 7) is 0. The van der Waals surface area contributed by atoms with Crippen LogP contribution in [0.2, 0.25) is 0 Å². The Balaban J connectivity index is 1.59. The number of benzene rings is 1. The highest BCUT2D eigenvalue weighted by molar-refractivity contribution is 7.19. The van der Waals surface area contributed by atoms with Gasteiger partial charge in [-0.1, -0.05) is 6.07 Å². The zero-order chi connectivity index (χ0) is 14.5. The van der Waals surface area contributed by atoms with Crippen LogP contribution in [0.3, 0.4) is 0 Å². The van der Waals surface area contributed by atoms with Crippen LogP contribution in [0.25, 0.3) is 10.2 Å². The summed E-state index contributed by atoms with van der Waals surface area (Å²) in [4.78, 5) is 11.6. The molecule has 22 heavy (non-hydrogen) atoms. The van der Waals surface area contributed by atoms with Gasteiger partial charge in [0.2, 0.25) is 0 Å². The number of nitrogens with one attached hydrogen (secondary N) is 1. The number of hydrogen-bond acceptors (Lipinski definition) is 4. The molecule has 0 atom stereocenters. The predicted octanol–water partition coefficient (Wildman–Crippen LogP) is 4.41. The third kappa shape index (κ3) is 1.87. The summed E-state index contributed by atoms with van der Waals surface area (Å²) in [5.74, 6) is 0.974. The van der Waals surface area contributed by atoms with Crippen molar-refractivity contribution in [2.45, 2.75) is 38.5 Å². The molecule has 1 aromatic carbocycles. The van der Waals surface area contributed by atoms with Crippen LogP contribution in [0.1, 0.15) is 34.4 Å². The van der Waals surface area contributed by atoms with E-state index in [4.69, 9.17) is 0 Å². The Bertz CT molecular complexity index is 881. The second kappa shape index (κ2) is 4.78. The largest absolute Gasteiger partial charge is 0.340 e. The van der Waals surface area contributed by atoms with Gasteiger partial charge in [-0.15, -0.1) is 11.3 Å². The highest BCUT2D eigenvalue weighted by Crippen LogP contribution is 2.39. The van der Waals surface area contributed by atoms with Gasteiger partial charge in [0.05, 0.1) is 5.39 Å². The Morgan fingerprint density at radius 2 is 1.86 bits per heavy atom. The Kier molecular flexibility index (Phi) is 2.74. The van der Waals surface area contributed by atoms with E-state index in [0.717, 1.165) is 16.3 Å². The molecule has 2 aromatic heterocycles. The maximum absolute atomic E-state index is 4.53. The maximum atomic E-state index is 4.53. The maximum Gasteiger partial charge on any atom is 0.142 e. The van der Waals surface area contributed by atoms with Crippen molar-refractivity contribution in [3.8, 4) is 0 Å². The summed E-state index contributed by atoms with van der Waals surface area (Å²) in [7, 11) is 0. The van der Waals surface area contributed by atoms with Crippen LogP contribution < -0.4 is 5.32 Å². The fraction of sp³-hybridized carbons (Fsp3) is 0.333. The lowest BCUT2D eigenvalue weighted by Crippen LogP contribution is -1.97. The first kappa shape index (κ1) is 12.6. The first-order valence-corrected chi connectivity index (χ1v) is 8.84. The molecule has 0 bridgehead atoms. The number of nitrogens with zero attached hydrogens (tertiary/aromatic N) is 2. The van der Waals surface area contributed by atoms with Crippen molar-refractivity contribution in [1.82, 2.24) is 9.97 Å². The normalized spacial score (nSPS) is 16.0. The molecule has 3 aromatic rings. The van der Waals surface area contributed by atoms with Gasteiger partial charge < -0.3 is 5.32 Å². The molecule has 3 nitrogen and oxygen atoms in total. The summed E-state index contributed by atoms with van der Waals surface area (Å²) >= 11 is 1.84. The molecule has 2 heterocycles. The average Bonchev–Trinajstić information content (AvgIpc) is 3.21. The molecular formula is C18H17N3S. The van der Waals surface area contributed by atoms with Crippen LogP contribution in [0.5, 0.6) is 0 Å². The van der Waals surface area contributed by atoms with Crippen molar-refractivity contribution >= 4 is 33.1 Å². The van der Waals surface area contributed by atoms with Crippen molar-refractivity contribution in [3.63, 3.8) is 0 Å². The van der Waals surface area contributed by atoms with Gasteiger partial charge in [0.15, 0.2) is 0 Å². The quantitative estimate of drug-likeness (QED) is 0.762. The minimum Gasteiger partial charge on any atom is -0.340 e. The predicted molar refractivity (Wildman–Crippen MR) is 91.2 cm³/mol. The monoisotopic (exact) mass is 307 g/mol. The Morgan fingerprint density at radius 1 is 0.955 bits per heavy atom. The van der Waals surface area contributed by atoms with Gasteiger partial charge in [-0.25, -0.2) is 9.97 Å². The van der Waals surface area contributed by atoms with Gasteiger partial charge in [-0.05, 0) is 67.3 Å². The highest BCUT2D eigenvalue weighted by atomic mass is 32.1. The van der Waals surface area contributed by atoms with E-state index in [-0.39, 0.29) is 0 Å². The Labute approximate surface area is 133 Å². The molecule has 1 N–H and O–H groups in total. The minimum atomic E-state index is 0.974. The van der Waals surface area contributed by atoms with E-state index in [0.29, 0.717) is 0 Å². The van der Waals surface area contributed by atoms with Gasteiger partial charge in [0, 0.05) is 10.6 Å². The van der Waals surface area contributed by atoms with E-state index in [1.165, 1.54) is 65.5 Å². The lowest BCUT2D eigenvalue weighted by Gasteiger charge is -2.09. The van der Waals surface area contributed by atoms with Crippen LogP contribution in [0, 0.1) is 0 Å². The lowest BCUT2D eigenvalue weighted by atomic mass is 10.1. The fourth-order valence-corrected chi connectivity index (χ4v) is 5.04. The standard InChI is InChI=1S/C18H17N3S/c1-3-11-7-8-13(9-12(11)4-1)21-17-16-14-5-2-6-15(14)22-18(16)20-10-19-17/h7-10H,1-6H2,(H,19,20,21). The molecule has 4 heteroatoms. The zero-order valence-corrected chi connectivity index (χ0v) is 13.2. The minimum absolute atomic E-state index is 0.974. The second-order valence-corrected chi connectivity index (χ2v) is 7.31. The molecule has 5 rings (SSSR count). The topological polar surface area (TPSA) is 37.8 Å². The molecule has 2 aliphatic carbocycles. The fourth-order valence-electron chi connectivity index (χ4n) is 3.81. The van der Waals surface area contributed by atoms with Crippen molar-refractivity contribution in [2.24, 2.45) is 0 Å². The molecular weight excluding hydrogens is 290 g/mol. The Hall–Kier alpha value is -1.94. The van der Waals surface area contributed by atoms with Crippen LogP contribution in [0.15, 0.2) is 24.5 Å². The lowest BCUT2D eigenvalue weighted by molar-refractivity contribution is 0.912. The Morgan fingerprint density at radius 3 is 2.86 bits per heavy atom. The SMILES string of the molecule is c1nc(Nc2ccc3c(c2)CCC3)c2c3c(sc2n1)CCC3. The molecule has 2 aliphatic rings. The van der Waals surface area contributed by atoms with E-state index in [2.05, 4.69) is 33.5 Å². The van der Waals surface area contributed by atoms with Gasteiger partial charge in [-0.3, -0.25) is 0 Å².